The average Bonchev–Trinajstić information content (AvgIpc) is 2.73. The van der Waals surface area contributed by atoms with Crippen LogP contribution in [-0.4, -0.2) is 22.3 Å². The van der Waals surface area contributed by atoms with E-state index < -0.39 is 11.4 Å². The van der Waals surface area contributed by atoms with Crippen molar-refractivity contribution in [2.45, 2.75) is 98.5 Å². The van der Waals surface area contributed by atoms with Crippen LogP contribution in [-0.2, 0) is 4.79 Å². The lowest BCUT2D eigenvalue weighted by atomic mass is 9.40. The number of carboxylic acid groups (broad SMARTS) is 1. The van der Waals surface area contributed by atoms with E-state index in [-0.39, 0.29) is 17.4 Å². The second kappa shape index (κ2) is 7.08. The molecule has 0 aliphatic heterocycles. The number of allylic oxidation sites excluding steroid dienone is 2. The van der Waals surface area contributed by atoms with Gasteiger partial charge in [0, 0.05) is 0 Å². The van der Waals surface area contributed by atoms with Crippen LogP contribution in [0.3, 0.4) is 0 Å². The highest BCUT2D eigenvalue weighted by Crippen LogP contribution is 2.68. The lowest BCUT2D eigenvalue weighted by Gasteiger charge is -2.64. The highest BCUT2D eigenvalue weighted by Gasteiger charge is 2.62. The largest absolute Gasteiger partial charge is 0.481 e. The van der Waals surface area contributed by atoms with Gasteiger partial charge in [-0.1, -0.05) is 46.3 Å². The summed E-state index contributed by atoms with van der Waals surface area (Å²) in [6.45, 7) is 11.8. The molecule has 4 fully saturated rings. The minimum absolute atomic E-state index is 0.000301. The molecule has 0 amide bonds. The number of aliphatic hydroxyl groups is 1. The fourth-order valence-electron chi connectivity index (χ4n) is 9.99. The van der Waals surface area contributed by atoms with Crippen LogP contribution < -0.4 is 0 Å². The van der Waals surface area contributed by atoms with Crippen LogP contribution in [0.5, 0.6) is 0 Å². The standard InChI is InChI=1S/C28H44O3/c1-16-10-14-28(25(30)31)15-11-18-19-7-9-22-26(3,4)23(29)12-13-27(22,5)21(19)8-6-20(18)24(28)17(16)2/h6,16-19,21-24,29H,7-15H2,1-5H3,(H,30,31)/t16-,17?,18?,19?,21?,22?,23?,24?,27?,28?/m1/s1. The van der Waals surface area contributed by atoms with Crippen LogP contribution in [0.15, 0.2) is 11.6 Å². The summed E-state index contributed by atoms with van der Waals surface area (Å²) in [5.41, 5.74) is 1.34. The van der Waals surface area contributed by atoms with Gasteiger partial charge < -0.3 is 10.2 Å². The fourth-order valence-corrected chi connectivity index (χ4v) is 9.99. The predicted octanol–water partition coefficient (Wildman–Crippen LogP) is 6.31. The summed E-state index contributed by atoms with van der Waals surface area (Å²) >= 11 is 0. The highest BCUT2D eigenvalue weighted by molar-refractivity contribution is 5.76. The van der Waals surface area contributed by atoms with Crippen molar-refractivity contribution < 1.29 is 15.0 Å². The molecular weight excluding hydrogens is 384 g/mol. The molecule has 0 aromatic heterocycles. The second-order valence-corrected chi connectivity index (χ2v) is 13.2. The summed E-state index contributed by atoms with van der Waals surface area (Å²) in [6.07, 6.45) is 11.9. The monoisotopic (exact) mass is 428 g/mol. The highest BCUT2D eigenvalue weighted by atomic mass is 16.4. The number of carboxylic acids is 1. The van der Waals surface area contributed by atoms with Gasteiger partial charge >= 0.3 is 5.97 Å². The molecule has 5 rings (SSSR count). The normalized spacial score (nSPS) is 53.3. The van der Waals surface area contributed by atoms with Crippen LogP contribution in [0.1, 0.15) is 92.4 Å². The van der Waals surface area contributed by atoms with Gasteiger partial charge in [-0.3, -0.25) is 4.79 Å². The molecule has 0 bridgehead atoms. The van der Waals surface area contributed by atoms with Crippen molar-refractivity contribution in [2.24, 2.45) is 57.7 Å². The summed E-state index contributed by atoms with van der Waals surface area (Å²) in [6, 6.07) is 0. The van der Waals surface area contributed by atoms with E-state index in [1.807, 2.05) is 0 Å². The maximum atomic E-state index is 12.6. The quantitative estimate of drug-likeness (QED) is 0.481. The Hall–Kier alpha value is -0.830. The first-order chi connectivity index (χ1) is 14.5. The Morgan fingerprint density at radius 2 is 1.71 bits per heavy atom. The summed E-state index contributed by atoms with van der Waals surface area (Å²) in [5, 5.41) is 21.1. The van der Waals surface area contributed by atoms with E-state index in [4.69, 9.17) is 0 Å². The molecule has 0 heterocycles. The summed E-state index contributed by atoms with van der Waals surface area (Å²) in [7, 11) is 0. The van der Waals surface area contributed by atoms with Crippen LogP contribution >= 0.6 is 0 Å². The zero-order valence-corrected chi connectivity index (χ0v) is 20.4. The Kier molecular flexibility index (Phi) is 5.02. The molecule has 0 aromatic carbocycles. The Morgan fingerprint density at radius 3 is 2.42 bits per heavy atom. The fraction of sp³-hybridized carbons (Fsp3) is 0.893. The number of fused-ring (bicyclic) bond motifs is 7. The molecule has 4 saturated carbocycles. The van der Waals surface area contributed by atoms with E-state index in [0.717, 1.165) is 44.9 Å². The molecule has 174 valence electrons. The molecule has 0 radical (unpaired) electrons. The summed E-state index contributed by atoms with van der Waals surface area (Å²) < 4.78 is 0. The van der Waals surface area contributed by atoms with Crippen molar-refractivity contribution in [1.29, 1.82) is 0 Å². The average molecular weight is 429 g/mol. The van der Waals surface area contributed by atoms with Crippen molar-refractivity contribution in [2.75, 3.05) is 0 Å². The molecule has 5 aliphatic rings. The zero-order valence-electron chi connectivity index (χ0n) is 20.4. The van der Waals surface area contributed by atoms with Gasteiger partial charge in [0.1, 0.15) is 0 Å². The number of hydrogen-bond donors (Lipinski definition) is 2. The van der Waals surface area contributed by atoms with E-state index in [1.165, 1.54) is 12.8 Å². The van der Waals surface area contributed by atoms with E-state index in [1.54, 1.807) is 5.57 Å². The molecule has 0 aromatic rings. The topological polar surface area (TPSA) is 57.5 Å². The first-order valence-electron chi connectivity index (χ1n) is 13.2. The molecule has 10 atom stereocenters. The third-order valence-electron chi connectivity index (χ3n) is 12.0. The van der Waals surface area contributed by atoms with Crippen molar-refractivity contribution >= 4 is 5.97 Å². The van der Waals surface area contributed by atoms with Gasteiger partial charge in [0.2, 0.25) is 0 Å². The van der Waals surface area contributed by atoms with Crippen molar-refractivity contribution in [3.63, 3.8) is 0 Å². The molecule has 31 heavy (non-hydrogen) atoms. The minimum Gasteiger partial charge on any atom is -0.481 e. The third kappa shape index (κ3) is 2.83. The number of rotatable bonds is 1. The first-order valence-corrected chi connectivity index (χ1v) is 13.2. The van der Waals surface area contributed by atoms with Gasteiger partial charge in [-0.2, -0.15) is 0 Å². The van der Waals surface area contributed by atoms with Gasteiger partial charge in [0.25, 0.3) is 0 Å². The van der Waals surface area contributed by atoms with Gasteiger partial charge in [0.05, 0.1) is 11.5 Å². The summed E-state index contributed by atoms with van der Waals surface area (Å²) in [4.78, 5) is 12.6. The minimum atomic E-state index is -0.531. The molecule has 5 aliphatic carbocycles. The van der Waals surface area contributed by atoms with Crippen LogP contribution in [0.4, 0.5) is 0 Å². The lowest BCUT2D eigenvalue weighted by Crippen LogP contribution is -2.59. The maximum Gasteiger partial charge on any atom is 0.310 e. The van der Waals surface area contributed by atoms with Gasteiger partial charge in [-0.25, -0.2) is 0 Å². The molecule has 3 nitrogen and oxygen atoms in total. The number of hydrogen-bond acceptors (Lipinski definition) is 2. The molecule has 0 saturated heterocycles. The van der Waals surface area contributed by atoms with Crippen molar-refractivity contribution in [3.05, 3.63) is 11.6 Å². The SMILES string of the molecule is CC1C2C3=CCC4C(CCC5C(C)(C)C(O)CCC45C)C3CCC2(C(=O)O)CC[C@H]1C. The number of aliphatic carboxylic acids is 1. The smallest absolute Gasteiger partial charge is 0.310 e. The van der Waals surface area contributed by atoms with Gasteiger partial charge in [-0.05, 0) is 110 Å². The van der Waals surface area contributed by atoms with E-state index in [0.29, 0.717) is 40.9 Å². The molecule has 3 heteroatoms. The van der Waals surface area contributed by atoms with Crippen LogP contribution in [0.25, 0.3) is 0 Å². The lowest BCUT2D eigenvalue weighted by molar-refractivity contribution is -0.169. The first kappa shape index (κ1) is 22.0. The Labute approximate surface area is 189 Å². The maximum absolute atomic E-state index is 12.6. The van der Waals surface area contributed by atoms with Crippen LogP contribution in [0.2, 0.25) is 0 Å². The third-order valence-corrected chi connectivity index (χ3v) is 12.0. The Bertz CT molecular complexity index is 783. The van der Waals surface area contributed by atoms with Crippen molar-refractivity contribution in [1.82, 2.24) is 0 Å². The summed E-state index contributed by atoms with van der Waals surface area (Å²) in [5.74, 6) is 3.38. The molecule has 0 spiro atoms. The molecular formula is C28H44O3. The van der Waals surface area contributed by atoms with Crippen LogP contribution in [0, 0.1) is 57.7 Å². The Balaban J connectivity index is 1.52. The Morgan fingerprint density at radius 1 is 1.00 bits per heavy atom. The van der Waals surface area contributed by atoms with Gasteiger partial charge in [0.15, 0.2) is 0 Å². The van der Waals surface area contributed by atoms with Gasteiger partial charge in [-0.15, -0.1) is 0 Å². The zero-order chi connectivity index (χ0) is 22.3. The second-order valence-electron chi connectivity index (χ2n) is 13.2. The van der Waals surface area contributed by atoms with E-state index in [2.05, 4.69) is 40.7 Å². The van der Waals surface area contributed by atoms with E-state index >= 15 is 0 Å². The number of carbonyl (C=O) groups is 1. The van der Waals surface area contributed by atoms with E-state index in [9.17, 15) is 15.0 Å². The molecule has 9 unspecified atom stereocenters. The van der Waals surface area contributed by atoms with Crippen molar-refractivity contribution in [3.8, 4) is 0 Å². The predicted molar refractivity (Wildman–Crippen MR) is 123 cm³/mol. The number of aliphatic hydroxyl groups excluding tert-OH is 1. The molecule has 2 N–H and O–H groups in total.